The summed E-state index contributed by atoms with van der Waals surface area (Å²) < 4.78 is 0. The average Bonchev–Trinajstić information content (AvgIpc) is 2.93. The molecule has 5 rings (SSSR count). The molecule has 0 atom stereocenters. The highest BCUT2D eigenvalue weighted by atomic mass is 16.3. The first kappa shape index (κ1) is 21.7. The number of aromatic nitrogens is 2. The Balaban J connectivity index is 1.33. The molecule has 0 fully saturated rings. The van der Waals surface area contributed by atoms with Gasteiger partial charge in [0.05, 0.1) is 11.1 Å². The number of hydrogen-bond donors (Lipinski definition) is 1. The molecule has 3 aromatic carbocycles. The monoisotopic (exact) mass is 448 g/mol. The molecule has 0 unspecified atom stereocenters. The molecule has 0 aliphatic carbocycles. The van der Waals surface area contributed by atoms with Crippen molar-refractivity contribution in [3.8, 4) is 51.7 Å². The van der Waals surface area contributed by atoms with Crippen LogP contribution in [0.5, 0.6) is 5.75 Å². The van der Waals surface area contributed by atoms with Gasteiger partial charge in [0.25, 0.3) is 0 Å². The van der Waals surface area contributed by atoms with E-state index in [1.165, 1.54) is 0 Å². The molecule has 3 heteroatoms. The largest absolute Gasteiger partial charge is 0.505 e. The maximum absolute atomic E-state index is 10.7. The van der Waals surface area contributed by atoms with Crippen molar-refractivity contribution < 1.29 is 5.11 Å². The van der Waals surface area contributed by atoms with Gasteiger partial charge in [0.1, 0.15) is 5.75 Å². The lowest BCUT2D eigenvalue weighted by atomic mass is 10.0. The van der Waals surface area contributed by atoms with E-state index < -0.39 is 0 Å². The summed E-state index contributed by atoms with van der Waals surface area (Å²) >= 11 is 0. The third kappa shape index (κ3) is 5.28. The van der Waals surface area contributed by atoms with Gasteiger partial charge in [-0.3, -0.25) is 9.97 Å². The Hall–Kier alpha value is -5.12. The van der Waals surface area contributed by atoms with Crippen molar-refractivity contribution in [1.29, 1.82) is 0 Å². The lowest BCUT2D eigenvalue weighted by Crippen LogP contribution is -1.84. The zero-order chi connectivity index (χ0) is 23.9. The van der Waals surface area contributed by atoms with E-state index in [1.54, 1.807) is 36.9 Å². The number of aromatic hydroxyl groups is 1. The molecule has 5 aromatic rings. The quantitative estimate of drug-likeness (QED) is 0.322. The predicted molar refractivity (Wildman–Crippen MR) is 139 cm³/mol. The Kier molecular flexibility index (Phi) is 6.34. The molecule has 0 radical (unpaired) electrons. The molecule has 0 saturated heterocycles. The summed E-state index contributed by atoms with van der Waals surface area (Å²) in [6.07, 6.45) is 7.11. The fourth-order valence-corrected chi connectivity index (χ4v) is 3.61. The van der Waals surface area contributed by atoms with E-state index in [9.17, 15) is 5.11 Å². The molecule has 0 saturated carbocycles. The minimum Gasteiger partial charge on any atom is -0.505 e. The van der Waals surface area contributed by atoms with Crippen molar-refractivity contribution in [2.24, 2.45) is 0 Å². The molecule has 2 heterocycles. The maximum Gasteiger partial charge on any atom is 0.146 e. The highest BCUT2D eigenvalue weighted by Crippen LogP contribution is 2.22. The number of rotatable bonds is 2. The summed E-state index contributed by atoms with van der Waals surface area (Å²) in [5, 5.41) is 10.7. The number of benzene rings is 3. The van der Waals surface area contributed by atoms with Crippen LogP contribution >= 0.6 is 0 Å². The molecule has 0 aliphatic heterocycles. The second-order valence-corrected chi connectivity index (χ2v) is 7.83. The maximum atomic E-state index is 10.7. The number of nitrogens with zero attached hydrogens (tertiary/aromatic N) is 2. The van der Waals surface area contributed by atoms with E-state index in [0.717, 1.165) is 33.4 Å². The highest BCUT2D eigenvalue weighted by molar-refractivity contribution is 5.65. The lowest BCUT2D eigenvalue weighted by molar-refractivity contribution is 0.472. The van der Waals surface area contributed by atoms with Crippen molar-refractivity contribution in [2.75, 3.05) is 0 Å². The minimum atomic E-state index is 0.0920. The second-order valence-electron chi connectivity index (χ2n) is 7.83. The van der Waals surface area contributed by atoms with Gasteiger partial charge in [0.2, 0.25) is 0 Å². The molecule has 0 spiro atoms. The van der Waals surface area contributed by atoms with Gasteiger partial charge in [-0.2, -0.15) is 0 Å². The molecule has 164 valence electrons. The van der Waals surface area contributed by atoms with Crippen molar-refractivity contribution in [1.82, 2.24) is 9.97 Å². The van der Waals surface area contributed by atoms with E-state index >= 15 is 0 Å². The molecule has 0 bridgehead atoms. The van der Waals surface area contributed by atoms with Gasteiger partial charge in [-0.1, -0.05) is 54.0 Å². The van der Waals surface area contributed by atoms with Gasteiger partial charge in [0.15, 0.2) is 0 Å². The zero-order valence-electron chi connectivity index (χ0n) is 18.8. The van der Waals surface area contributed by atoms with Crippen LogP contribution in [-0.2, 0) is 0 Å². The first-order valence-corrected chi connectivity index (χ1v) is 11.1. The normalized spacial score (nSPS) is 9.94. The summed E-state index contributed by atoms with van der Waals surface area (Å²) in [4.78, 5) is 8.11. The number of hydrogen-bond acceptors (Lipinski definition) is 3. The van der Waals surface area contributed by atoms with Gasteiger partial charge >= 0.3 is 0 Å². The molecular weight excluding hydrogens is 428 g/mol. The minimum absolute atomic E-state index is 0.0920. The third-order valence-corrected chi connectivity index (χ3v) is 5.52. The molecular formula is C32H20N2O. The van der Waals surface area contributed by atoms with Gasteiger partial charge in [0, 0.05) is 35.9 Å². The summed E-state index contributed by atoms with van der Waals surface area (Å²) in [6.45, 7) is 0. The van der Waals surface area contributed by atoms with Crippen LogP contribution < -0.4 is 0 Å². The van der Waals surface area contributed by atoms with Crippen LogP contribution in [-0.4, -0.2) is 15.1 Å². The average molecular weight is 449 g/mol. The van der Waals surface area contributed by atoms with Gasteiger partial charge in [-0.05, 0) is 82.9 Å². The van der Waals surface area contributed by atoms with Crippen LogP contribution in [0.15, 0.2) is 116 Å². The SMILES string of the molecule is Oc1c(C#Cc2ccc(-c3ccncc3)cc2)cccc1C#Cc1ccc(-c2ccncc2)cc1. The summed E-state index contributed by atoms with van der Waals surface area (Å²) in [5.74, 6) is 12.5. The topological polar surface area (TPSA) is 46.0 Å². The summed E-state index contributed by atoms with van der Waals surface area (Å²) in [6, 6.07) is 29.3. The lowest BCUT2D eigenvalue weighted by Gasteiger charge is -2.02. The fraction of sp³-hybridized carbons (Fsp3) is 0. The van der Waals surface area contributed by atoms with Crippen molar-refractivity contribution >= 4 is 0 Å². The van der Waals surface area contributed by atoms with E-state index in [4.69, 9.17) is 0 Å². The fourth-order valence-electron chi connectivity index (χ4n) is 3.61. The van der Waals surface area contributed by atoms with Crippen LogP contribution in [0.2, 0.25) is 0 Å². The second kappa shape index (κ2) is 10.2. The van der Waals surface area contributed by atoms with E-state index in [0.29, 0.717) is 11.1 Å². The molecule has 2 aromatic heterocycles. The van der Waals surface area contributed by atoms with Gasteiger partial charge in [-0.25, -0.2) is 0 Å². The Bertz CT molecular complexity index is 1450. The summed E-state index contributed by atoms with van der Waals surface area (Å²) in [7, 11) is 0. The summed E-state index contributed by atoms with van der Waals surface area (Å²) in [5.41, 5.74) is 7.25. The number of phenolic OH excluding ortho intramolecular Hbond substituents is 1. The van der Waals surface area contributed by atoms with Crippen molar-refractivity contribution in [3.63, 3.8) is 0 Å². The predicted octanol–water partition coefficient (Wildman–Crippen LogP) is 6.32. The Morgan fingerprint density at radius 1 is 0.429 bits per heavy atom. The first-order chi connectivity index (χ1) is 17.3. The third-order valence-electron chi connectivity index (χ3n) is 5.52. The molecule has 0 amide bonds. The van der Waals surface area contributed by atoms with Crippen LogP contribution in [0.4, 0.5) is 0 Å². The molecule has 1 N–H and O–H groups in total. The van der Waals surface area contributed by atoms with Crippen molar-refractivity contribution in [3.05, 3.63) is 138 Å². The Morgan fingerprint density at radius 3 is 1.20 bits per heavy atom. The molecule has 0 aliphatic rings. The van der Waals surface area contributed by atoms with Crippen molar-refractivity contribution in [2.45, 2.75) is 0 Å². The Labute approximate surface area is 204 Å². The van der Waals surface area contributed by atoms with Crippen LogP contribution in [0.25, 0.3) is 22.3 Å². The standard InChI is InChI=1S/C32H20N2O/c35-32-30(14-8-24-4-10-26(11-5-24)28-16-20-33-21-17-28)2-1-3-31(32)15-9-25-6-12-27(13-7-25)29-18-22-34-23-19-29/h1-7,10-13,16-23,35H. The van der Waals surface area contributed by atoms with E-state index in [1.807, 2.05) is 78.9 Å². The molecule has 3 nitrogen and oxygen atoms in total. The zero-order valence-corrected chi connectivity index (χ0v) is 18.8. The van der Waals surface area contributed by atoms with E-state index in [-0.39, 0.29) is 5.75 Å². The first-order valence-electron chi connectivity index (χ1n) is 11.1. The van der Waals surface area contributed by atoms with Crippen LogP contribution in [0.1, 0.15) is 22.3 Å². The van der Waals surface area contributed by atoms with Crippen LogP contribution in [0, 0.1) is 23.7 Å². The Morgan fingerprint density at radius 2 is 0.800 bits per heavy atom. The number of pyridine rings is 2. The highest BCUT2D eigenvalue weighted by Gasteiger charge is 2.03. The number of phenols is 1. The van der Waals surface area contributed by atoms with E-state index in [2.05, 4.69) is 33.6 Å². The smallest absolute Gasteiger partial charge is 0.146 e. The number of para-hydroxylation sites is 1. The molecule has 35 heavy (non-hydrogen) atoms. The van der Waals surface area contributed by atoms with Gasteiger partial charge < -0.3 is 5.11 Å². The van der Waals surface area contributed by atoms with Gasteiger partial charge in [-0.15, -0.1) is 0 Å². The van der Waals surface area contributed by atoms with Crippen LogP contribution in [0.3, 0.4) is 0 Å².